The summed E-state index contributed by atoms with van der Waals surface area (Å²) >= 11 is 0. The number of benzene rings is 1. The van der Waals surface area contributed by atoms with E-state index in [1.165, 1.54) is 11.1 Å². The summed E-state index contributed by atoms with van der Waals surface area (Å²) in [5.74, 6) is 1.03. The number of allylic oxidation sites excluding steroid dienone is 4. The molecule has 186 valence electrons. The molecule has 5 heteroatoms. The van der Waals surface area contributed by atoms with Gasteiger partial charge in [0.2, 0.25) is 5.75 Å². The zero-order chi connectivity index (χ0) is 25.1. The number of hydrogen-bond donors (Lipinski definition) is 0. The lowest BCUT2D eigenvalue weighted by Crippen LogP contribution is -2.23. The maximum absolute atomic E-state index is 12.9. The van der Waals surface area contributed by atoms with E-state index in [0.29, 0.717) is 29.1 Å². The van der Waals surface area contributed by atoms with Gasteiger partial charge in [0.15, 0.2) is 5.75 Å². The average Bonchev–Trinajstić information content (AvgIpc) is 2.73. The predicted molar refractivity (Wildman–Crippen MR) is 140 cm³/mol. The molecule has 2 aromatic rings. The van der Waals surface area contributed by atoms with E-state index in [2.05, 4.69) is 45.9 Å². The zero-order valence-electron chi connectivity index (χ0n) is 21.8. The molecule has 34 heavy (non-hydrogen) atoms. The van der Waals surface area contributed by atoms with Gasteiger partial charge in [0, 0.05) is 0 Å². The van der Waals surface area contributed by atoms with Crippen LogP contribution in [0.15, 0.2) is 62.9 Å². The maximum atomic E-state index is 12.9. The van der Waals surface area contributed by atoms with Crippen molar-refractivity contribution in [1.82, 2.24) is 0 Å². The van der Waals surface area contributed by atoms with Crippen LogP contribution in [0.2, 0.25) is 0 Å². The van der Waals surface area contributed by atoms with Gasteiger partial charge in [-0.2, -0.15) is 0 Å². The van der Waals surface area contributed by atoms with Crippen molar-refractivity contribution in [3.05, 3.63) is 64.1 Å². The van der Waals surface area contributed by atoms with Crippen molar-refractivity contribution >= 4 is 11.0 Å². The first-order chi connectivity index (χ1) is 16.1. The van der Waals surface area contributed by atoms with Crippen LogP contribution in [-0.4, -0.2) is 18.8 Å². The molecule has 0 fully saturated rings. The van der Waals surface area contributed by atoms with E-state index in [1.54, 1.807) is 12.1 Å². The van der Waals surface area contributed by atoms with E-state index in [4.69, 9.17) is 18.6 Å². The van der Waals surface area contributed by atoms with Crippen molar-refractivity contribution in [1.29, 1.82) is 0 Å². The highest BCUT2D eigenvalue weighted by molar-refractivity contribution is 5.91. The minimum absolute atomic E-state index is 0.0743. The van der Waals surface area contributed by atoms with Crippen molar-refractivity contribution in [3.63, 3.8) is 0 Å². The van der Waals surface area contributed by atoms with Gasteiger partial charge in [-0.3, -0.25) is 0 Å². The van der Waals surface area contributed by atoms with Gasteiger partial charge in [-0.05, 0) is 85.4 Å². The maximum Gasteiger partial charge on any atom is 0.383 e. The molecule has 0 saturated carbocycles. The second-order valence-electron chi connectivity index (χ2n) is 9.59. The minimum Gasteiger partial charge on any atom is -0.488 e. The standard InChI is InChI=1S/C29H40O5/c1-8-9-10-11-19-31-26-25-23(16-13-17-24(25)34-29(5,6)7)33-28(30)27(26)32-20-18-22(4)15-12-14-21(2)3/h9-10,13-14,16-18H,8,11-12,15,19-20H2,1-7H3/b10-9+,22-18+. The van der Waals surface area contributed by atoms with Crippen LogP contribution in [0.1, 0.15) is 74.1 Å². The van der Waals surface area contributed by atoms with Crippen molar-refractivity contribution in [2.45, 2.75) is 79.8 Å². The summed E-state index contributed by atoms with van der Waals surface area (Å²) in [6.07, 6.45) is 12.0. The quantitative estimate of drug-likeness (QED) is 0.181. The topological polar surface area (TPSA) is 57.9 Å². The highest BCUT2D eigenvalue weighted by Gasteiger charge is 2.23. The summed E-state index contributed by atoms with van der Waals surface area (Å²) in [4.78, 5) is 12.9. The highest BCUT2D eigenvalue weighted by atomic mass is 16.5. The van der Waals surface area contributed by atoms with Gasteiger partial charge >= 0.3 is 5.63 Å². The Hall–Kier alpha value is -2.95. The molecule has 2 rings (SSSR count). The molecule has 0 bridgehead atoms. The monoisotopic (exact) mass is 468 g/mol. The van der Waals surface area contributed by atoms with Crippen LogP contribution < -0.4 is 19.8 Å². The summed E-state index contributed by atoms with van der Waals surface area (Å²) in [5, 5.41) is 0.607. The molecule has 0 unspecified atom stereocenters. The molecule has 1 heterocycles. The first-order valence-electron chi connectivity index (χ1n) is 12.1. The Kier molecular flexibility index (Phi) is 10.5. The Morgan fingerprint density at radius 2 is 1.76 bits per heavy atom. The molecule has 0 saturated heterocycles. The van der Waals surface area contributed by atoms with Crippen LogP contribution in [0.5, 0.6) is 17.2 Å². The fourth-order valence-corrected chi connectivity index (χ4v) is 3.32. The normalized spacial score (nSPS) is 12.3. The number of hydrogen-bond acceptors (Lipinski definition) is 5. The molecule has 1 aromatic heterocycles. The van der Waals surface area contributed by atoms with Gasteiger partial charge in [0.1, 0.15) is 28.9 Å². The SMILES string of the molecule is CC/C=C/CCOc1c(OC/C=C(\C)CCC=C(C)C)c(=O)oc2cccc(OC(C)(C)C)c12. The van der Waals surface area contributed by atoms with Gasteiger partial charge in [-0.15, -0.1) is 0 Å². The van der Waals surface area contributed by atoms with E-state index < -0.39 is 11.2 Å². The van der Waals surface area contributed by atoms with Crippen molar-refractivity contribution in [2.24, 2.45) is 0 Å². The van der Waals surface area contributed by atoms with Crippen molar-refractivity contribution in [3.8, 4) is 17.2 Å². The van der Waals surface area contributed by atoms with Crippen LogP contribution in [0.3, 0.4) is 0 Å². The molecule has 0 atom stereocenters. The number of fused-ring (bicyclic) bond motifs is 1. The van der Waals surface area contributed by atoms with E-state index >= 15 is 0 Å². The van der Waals surface area contributed by atoms with Gasteiger partial charge in [-0.25, -0.2) is 4.79 Å². The Bertz CT molecular complexity index is 1080. The molecule has 0 amide bonds. The smallest absolute Gasteiger partial charge is 0.383 e. The second kappa shape index (κ2) is 13.1. The van der Waals surface area contributed by atoms with Gasteiger partial charge < -0.3 is 18.6 Å². The van der Waals surface area contributed by atoms with Crippen LogP contribution in [-0.2, 0) is 0 Å². The second-order valence-corrected chi connectivity index (χ2v) is 9.59. The van der Waals surface area contributed by atoms with Gasteiger partial charge in [0.05, 0.1) is 6.61 Å². The van der Waals surface area contributed by atoms with E-state index in [-0.39, 0.29) is 12.4 Å². The summed E-state index contributed by atoms with van der Waals surface area (Å²) < 4.78 is 23.8. The summed E-state index contributed by atoms with van der Waals surface area (Å²) in [7, 11) is 0. The molecule has 0 aliphatic carbocycles. The molecule has 0 aliphatic rings. The summed E-state index contributed by atoms with van der Waals surface area (Å²) in [6.45, 7) is 14.9. The third-order valence-electron chi connectivity index (χ3n) is 4.91. The Labute approximate surface area is 204 Å². The number of ether oxygens (including phenoxy) is 3. The van der Waals surface area contributed by atoms with Crippen LogP contribution in [0.25, 0.3) is 11.0 Å². The summed E-state index contributed by atoms with van der Waals surface area (Å²) in [6, 6.07) is 5.40. The highest BCUT2D eigenvalue weighted by Crippen LogP contribution is 2.40. The van der Waals surface area contributed by atoms with E-state index in [9.17, 15) is 4.79 Å². The van der Waals surface area contributed by atoms with E-state index in [0.717, 1.165) is 25.7 Å². The zero-order valence-corrected chi connectivity index (χ0v) is 21.8. The Balaban J connectivity index is 2.40. The molecular weight excluding hydrogens is 428 g/mol. The minimum atomic E-state index is -0.560. The first-order valence-corrected chi connectivity index (χ1v) is 12.1. The predicted octanol–water partition coefficient (Wildman–Crippen LogP) is 7.78. The van der Waals surface area contributed by atoms with Crippen molar-refractivity contribution in [2.75, 3.05) is 13.2 Å². The lowest BCUT2D eigenvalue weighted by atomic mass is 10.1. The van der Waals surface area contributed by atoms with Gasteiger partial charge in [-0.1, -0.05) is 42.4 Å². The molecule has 0 spiro atoms. The summed E-state index contributed by atoms with van der Waals surface area (Å²) in [5.41, 5.74) is 1.92. The molecule has 0 aliphatic heterocycles. The van der Waals surface area contributed by atoms with Crippen LogP contribution in [0.4, 0.5) is 0 Å². The van der Waals surface area contributed by atoms with Crippen LogP contribution >= 0.6 is 0 Å². The first kappa shape index (κ1) is 27.3. The third-order valence-corrected chi connectivity index (χ3v) is 4.91. The lowest BCUT2D eigenvalue weighted by molar-refractivity contribution is 0.132. The van der Waals surface area contributed by atoms with Crippen molar-refractivity contribution < 1.29 is 18.6 Å². The fraction of sp³-hybridized carbons (Fsp3) is 0.483. The van der Waals surface area contributed by atoms with Crippen LogP contribution in [0, 0.1) is 0 Å². The fourth-order valence-electron chi connectivity index (χ4n) is 3.32. The third kappa shape index (κ3) is 8.77. The average molecular weight is 469 g/mol. The molecule has 0 N–H and O–H groups in total. The lowest BCUT2D eigenvalue weighted by Gasteiger charge is -2.23. The molecular formula is C29H40O5. The number of rotatable bonds is 12. The Morgan fingerprint density at radius 3 is 2.44 bits per heavy atom. The van der Waals surface area contributed by atoms with E-state index in [1.807, 2.05) is 32.9 Å². The molecule has 0 radical (unpaired) electrons. The van der Waals surface area contributed by atoms with Gasteiger partial charge in [0.25, 0.3) is 0 Å². The molecule has 5 nitrogen and oxygen atoms in total. The largest absolute Gasteiger partial charge is 0.488 e. The molecule has 1 aromatic carbocycles. The Morgan fingerprint density at radius 1 is 1.00 bits per heavy atom.